The van der Waals surface area contributed by atoms with E-state index in [-0.39, 0.29) is 11.6 Å². The van der Waals surface area contributed by atoms with Gasteiger partial charge < -0.3 is 20.1 Å². The quantitative estimate of drug-likeness (QED) is 0.685. The third kappa shape index (κ3) is 4.45. The number of para-hydroxylation sites is 2. The lowest BCUT2D eigenvalue weighted by molar-refractivity contribution is 0.102. The number of ether oxygens (including phenoxy) is 2. The lowest BCUT2D eigenvalue weighted by Gasteiger charge is -2.10. The van der Waals surface area contributed by atoms with E-state index >= 15 is 0 Å². The van der Waals surface area contributed by atoms with Crippen LogP contribution >= 0.6 is 0 Å². The molecule has 2 N–H and O–H groups in total. The molecule has 0 atom stereocenters. The van der Waals surface area contributed by atoms with E-state index in [9.17, 15) is 9.59 Å². The van der Waals surface area contributed by atoms with Gasteiger partial charge in [0.1, 0.15) is 17.2 Å². The summed E-state index contributed by atoms with van der Waals surface area (Å²) >= 11 is 0. The smallest absolute Gasteiger partial charge is 0.274 e. The molecule has 0 aliphatic rings. The van der Waals surface area contributed by atoms with E-state index in [1.165, 1.54) is 25.4 Å². The normalized spacial score (nSPS) is 10.1. The molecule has 28 heavy (non-hydrogen) atoms. The zero-order valence-electron chi connectivity index (χ0n) is 15.4. The SMILES string of the molecule is COc1ccc(NC(=O)c2cc(C(=O)Nc3ccccc3OC)ccn2)cc1. The van der Waals surface area contributed by atoms with Crippen LogP contribution in [0.2, 0.25) is 0 Å². The lowest BCUT2D eigenvalue weighted by atomic mass is 10.2. The molecular formula is C21H19N3O4. The van der Waals surface area contributed by atoms with Gasteiger partial charge in [0.2, 0.25) is 0 Å². The fourth-order valence-electron chi connectivity index (χ4n) is 2.51. The molecular weight excluding hydrogens is 358 g/mol. The Hall–Kier alpha value is -3.87. The fourth-order valence-corrected chi connectivity index (χ4v) is 2.51. The highest BCUT2D eigenvalue weighted by Gasteiger charge is 2.14. The van der Waals surface area contributed by atoms with Crippen molar-refractivity contribution in [2.75, 3.05) is 24.9 Å². The second-order valence-electron chi connectivity index (χ2n) is 5.77. The largest absolute Gasteiger partial charge is 0.497 e. The van der Waals surface area contributed by atoms with E-state index in [2.05, 4.69) is 15.6 Å². The standard InChI is InChI=1S/C21H19N3O4/c1-27-16-9-7-15(8-10-16)23-21(26)18-13-14(11-12-22-18)20(25)24-17-5-3-4-6-19(17)28-2/h3-13H,1-2H3,(H,23,26)(H,24,25). The zero-order valence-corrected chi connectivity index (χ0v) is 15.4. The highest BCUT2D eigenvalue weighted by molar-refractivity contribution is 6.08. The van der Waals surface area contributed by atoms with Gasteiger partial charge in [0.05, 0.1) is 19.9 Å². The van der Waals surface area contributed by atoms with E-state index in [0.29, 0.717) is 28.4 Å². The highest BCUT2D eigenvalue weighted by Crippen LogP contribution is 2.23. The first-order valence-electron chi connectivity index (χ1n) is 8.46. The number of benzene rings is 2. The molecule has 0 spiro atoms. The van der Waals surface area contributed by atoms with Gasteiger partial charge in [-0.05, 0) is 48.5 Å². The highest BCUT2D eigenvalue weighted by atomic mass is 16.5. The number of hydrogen-bond acceptors (Lipinski definition) is 5. The minimum Gasteiger partial charge on any atom is -0.497 e. The molecule has 3 aromatic rings. The Balaban J connectivity index is 1.73. The maximum atomic E-state index is 12.5. The fraction of sp³-hybridized carbons (Fsp3) is 0.0952. The Morgan fingerprint density at radius 1 is 0.857 bits per heavy atom. The summed E-state index contributed by atoms with van der Waals surface area (Å²) in [6.45, 7) is 0. The van der Waals surface area contributed by atoms with Gasteiger partial charge in [-0.15, -0.1) is 0 Å². The maximum Gasteiger partial charge on any atom is 0.274 e. The van der Waals surface area contributed by atoms with Crippen LogP contribution in [0.3, 0.4) is 0 Å². The molecule has 0 bridgehead atoms. The molecule has 0 fully saturated rings. The van der Waals surface area contributed by atoms with Crippen LogP contribution in [-0.2, 0) is 0 Å². The summed E-state index contributed by atoms with van der Waals surface area (Å²) in [6.07, 6.45) is 1.42. The monoisotopic (exact) mass is 377 g/mol. The average Bonchev–Trinajstić information content (AvgIpc) is 2.74. The number of nitrogens with zero attached hydrogens (tertiary/aromatic N) is 1. The Morgan fingerprint density at radius 2 is 1.61 bits per heavy atom. The van der Waals surface area contributed by atoms with Crippen molar-refractivity contribution >= 4 is 23.2 Å². The van der Waals surface area contributed by atoms with Crippen molar-refractivity contribution in [3.8, 4) is 11.5 Å². The van der Waals surface area contributed by atoms with Gasteiger partial charge in [0, 0.05) is 17.4 Å². The van der Waals surface area contributed by atoms with Crippen molar-refractivity contribution < 1.29 is 19.1 Å². The van der Waals surface area contributed by atoms with Gasteiger partial charge >= 0.3 is 0 Å². The van der Waals surface area contributed by atoms with Crippen molar-refractivity contribution in [2.24, 2.45) is 0 Å². The number of carbonyl (C=O) groups is 2. The van der Waals surface area contributed by atoms with Crippen LogP contribution in [0.1, 0.15) is 20.8 Å². The van der Waals surface area contributed by atoms with Crippen LogP contribution in [0.25, 0.3) is 0 Å². The maximum absolute atomic E-state index is 12.5. The second kappa shape index (κ2) is 8.68. The summed E-state index contributed by atoms with van der Waals surface area (Å²) in [6, 6.07) is 17.0. The summed E-state index contributed by atoms with van der Waals surface area (Å²) in [4.78, 5) is 29.0. The van der Waals surface area contributed by atoms with Crippen molar-refractivity contribution in [3.63, 3.8) is 0 Å². The van der Waals surface area contributed by atoms with Crippen LogP contribution in [-0.4, -0.2) is 31.0 Å². The Labute approximate surface area is 162 Å². The predicted molar refractivity (Wildman–Crippen MR) is 106 cm³/mol. The third-order valence-electron chi connectivity index (χ3n) is 3.96. The van der Waals surface area contributed by atoms with Gasteiger partial charge in [-0.2, -0.15) is 0 Å². The van der Waals surface area contributed by atoms with E-state index in [1.54, 1.807) is 49.6 Å². The minimum atomic E-state index is -0.419. The number of nitrogens with one attached hydrogen (secondary N) is 2. The van der Waals surface area contributed by atoms with Crippen molar-refractivity contribution in [2.45, 2.75) is 0 Å². The van der Waals surface area contributed by atoms with Crippen LogP contribution in [0.5, 0.6) is 11.5 Å². The van der Waals surface area contributed by atoms with Crippen LogP contribution in [0.4, 0.5) is 11.4 Å². The van der Waals surface area contributed by atoms with Crippen molar-refractivity contribution in [3.05, 3.63) is 78.1 Å². The first-order valence-corrected chi connectivity index (χ1v) is 8.46. The molecule has 142 valence electrons. The lowest BCUT2D eigenvalue weighted by Crippen LogP contribution is -2.17. The topological polar surface area (TPSA) is 89.5 Å². The average molecular weight is 377 g/mol. The van der Waals surface area contributed by atoms with E-state index in [4.69, 9.17) is 9.47 Å². The number of carbonyl (C=O) groups excluding carboxylic acids is 2. The Bertz CT molecular complexity index is 987. The van der Waals surface area contributed by atoms with E-state index in [1.807, 2.05) is 6.07 Å². The number of amides is 2. The molecule has 7 nitrogen and oxygen atoms in total. The first kappa shape index (κ1) is 18.9. The summed E-state index contributed by atoms with van der Waals surface area (Å²) < 4.78 is 10.3. The van der Waals surface area contributed by atoms with E-state index in [0.717, 1.165) is 0 Å². The van der Waals surface area contributed by atoms with Crippen molar-refractivity contribution in [1.82, 2.24) is 4.98 Å². The summed E-state index contributed by atoms with van der Waals surface area (Å²) in [5, 5.41) is 5.50. The molecule has 0 radical (unpaired) electrons. The zero-order chi connectivity index (χ0) is 19.9. The number of methoxy groups -OCH3 is 2. The van der Waals surface area contributed by atoms with Gasteiger partial charge in [0.25, 0.3) is 11.8 Å². The van der Waals surface area contributed by atoms with Gasteiger partial charge in [0.15, 0.2) is 0 Å². The van der Waals surface area contributed by atoms with Crippen molar-refractivity contribution in [1.29, 1.82) is 0 Å². The first-order chi connectivity index (χ1) is 13.6. The molecule has 1 heterocycles. The molecule has 7 heteroatoms. The molecule has 0 saturated carbocycles. The minimum absolute atomic E-state index is 0.128. The Kier molecular flexibility index (Phi) is 5.86. The molecule has 0 aliphatic heterocycles. The van der Waals surface area contributed by atoms with Crippen LogP contribution in [0.15, 0.2) is 66.9 Å². The summed E-state index contributed by atoms with van der Waals surface area (Å²) in [7, 11) is 3.10. The molecule has 0 aliphatic carbocycles. The summed E-state index contributed by atoms with van der Waals surface area (Å²) in [5.41, 5.74) is 1.57. The van der Waals surface area contributed by atoms with Gasteiger partial charge in [-0.3, -0.25) is 14.6 Å². The van der Waals surface area contributed by atoms with Gasteiger partial charge in [-0.1, -0.05) is 12.1 Å². The van der Waals surface area contributed by atoms with E-state index < -0.39 is 5.91 Å². The second-order valence-corrected chi connectivity index (χ2v) is 5.77. The third-order valence-corrected chi connectivity index (χ3v) is 3.96. The molecule has 3 rings (SSSR count). The number of anilines is 2. The molecule has 0 unspecified atom stereocenters. The van der Waals surface area contributed by atoms with Gasteiger partial charge in [-0.25, -0.2) is 0 Å². The molecule has 1 aromatic heterocycles. The molecule has 2 aromatic carbocycles. The number of rotatable bonds is 6. The summed E-state index contributed by atoms with van der Waals surface area (Å²) in [5.74, 6) is 0.441. The molecule has 2 amide bonds. The number of aromatic nitrogens is 1. The van der Waals surface area contributed by atoms with Crippen LogP contribution in [0, 0.1) is 0 Å². The molecule has 0 saturated heterocycles. The Morgan fingerprint density at radius 3 is 2.32 bits per heavy atom. The number of hydrogen-bond donors (Lipinski definition) is 2. The predicted octanol–water partition coefficient (Wildman–Crippen LogP) is 3.60. The number of pyridine rings is 1. The van der Waals surface area contributed by atoms with Crippen LogP contribution < -0.4 is 20.1 Å².